The molecule has 0 aliphatic carbocycles. The van der Waals surface area contributed by atoms with Gasteiger partial charge in [0.05, 0.1) is 10.3 Å². The van der Waals surface area contributed by atoms with Crippen LogP contribution in [0.3, 0.4) is 0 Å². The molecule has 0 saturated heterocycles. The average molecular weight is 259 g/mol. The van der Waals surface area contributed by atoms with Crippen LogP contribution in [-0.4, -0.2) is 16.0 Å². The Morgan fingerprint density at radius 3 is 2.72 bits per heavy atom. The van der Waals surface area contributed by atoms with E-state index in [-0.39, 0.29) is 11.3 Å². The molecule has 0 saturated carbocycles. The van der Waals surface area contributed by atoms with Gasteiger partial charge in [-0.25, -0.2) is 9.97 Å². The van der Waals surface area contributed by atoms with Crippen molar-refractivity contribution in [3.8, 4) is 0 Å². The van der Waals surface area contributed by atoms with Crippen molar-refractivity contribution < 1.29 is 0 Å². The molecular formula is C14H17N3S. The highest BCUT2D eigenvalue weighted by atomic mass is 32.2. The third-order valence-corrected chi connectivity index (χ3v) is 4.09. The van der Waals surface area contributed by atoms with Gasteiger partial charge in [0, 0.05) is 12.2 Å². The van der Waals surface area contributed by atoms with E-state index in [4.69, 9.17) is 5.73 Å². The summed E-state index contributed by atoms with van der Waals surface area (Å²) in [6.07, 6.45) is 3.32. The molecule has 2 aromatic rings. The fraction of sp³-hybridized carbons (Fsp3) is 0.286. The van der Waals surface area contributed by atoms with Crippen molar-refractivity contribution in [1.29, 1.82) is 0 Å². The molecule has 2 rings (SSSR count). The average Bonchev–Trinajstić information content (AvgIpc) is 2.37. The normalized spacial score (nSPS) is 14.2. The van der Waals surface area contributed by atoms with Crippen molar-refractivity contribution in [1.82, 2.24) is 9.97 Å². The minimum Gasteiger partial charge on any atom is -0.327 e. The third kappa shape index (κ3) is 3.31. The van der Waals surface area contributed by atoms with Crippen molar-refractivity contribution in [2.24, 2.45) is 5.73 Å². The highest BCUT2D eigenvalue weighted by molar-refractivity contribution is 7.99. The van der Waals surface area contributed by atoms with E-state index in [1.54, 1.807) is 24.3 Å². The molecule has 18 heavy (non-hydrogen) atoms. The fourth-order valence-electron chi connectivity index (χ4n) is 1.80. The van der Waals surface area contributed by atoms with Gasteiger partial charge in [-0.15, -0.1) is 0 Å². The van der Waals surface area contributed by atoms with Gasteiger partial charge in [0.1, 0.15) is 6.33 Å². The predicted molar refractivity (Wildman–Crippen MR) is 75.5 cm³/mol. The van der Waals surface area contributed by atoms with Gasteiger partial charge in [0.25, 0.3) is 0 Å². The Kier molecular flexibility index (Phi) is 4.33. The van der Waals surface area contributed by atoms with Crippen LogP contribution < -0.4 is 5.73 Å². The Morgan fingerprint density at radius 1 is 1.28 bits per heavy atom. The predicted octanol–water partition coefficient (Wildman–Crippen LogP) is 2.97. The van der Waals surface area contributed by atoms with E-state index >= 15 is 0 Å². The molecule has 2 atom stereocenters. The molecule has 0 radical (unpaired) electrons. The number of thioether (sulfide) groups is 1. The zero-order chi connectivity index (χ0) is 13.0. The fourth-order valence-corrected chi connectivity index (χ4v) is 2.81. The Labute approximate surface area is 112 Å². The standard InChI is InChI=1S/C14H17N3S/c1-10-4-3-5-12(8-10)14(11(2)15)18-13-6-7-16-9-17-13/h3-9,11,14H,15H2,1-2H3. The largest absolute Gasteiger partial charge is 0.327 e. The lowest BCUT2D eigenvalue weighted by Crippen LogP contribution is -2.22. The van der Waals surface area contributed by atoms with E-state index in [0.717, 1.165) is 5.03 Å². The molecule has 0 spiro atoms. The minimum atomic E-state index is 0.0618. The van der Waals surface area contributed by atoms with E-state index in [9.17, 15) is 0 Å². The van der Waals surface area contributed by atoms with Crippen LogP contribution in [0.25, 0.3) is 0 Å². The summed E-state index contributed by atoms with van der Waals surface area (Å²) >= 11 is 1.68. The van der Waals surface area contributed by atoms with Crippen molar-refractivity contribution in [3.63, 3.8) is 0 Å². The van der Waals surface area contributed by atoms with Crippen LogP contribution >= 0.6 is 11.8 Å². The van der Waals surface area contributed by atoms with E-state index in [0.29, 0.717) is 0 Å². The maximum absolute atomic E-state index is 6.10. The zero-order valence-electron chi connectivity index (χ0n) is 10.6. The van der Waals surface area contributed by atoms with Crippen LogP contribution in [0, 0.1) is 6.92 Å². The van der Waals surface area contributed by atoms with Crippen molar-refractivity contribution in [3.05, 3.63) is 54.0 Å². The lowest BCUT2D eigenvalue weighted by Gasteiger charge is -2.20. The van der Waals surface area contributed by atoms with Gasteiger partial charge in [-0.3, -0.25) is 0 Å². The molecule has 2 unspecified atom stereocenters. The van der Waals surface area contributed by atoms with Crippen LogP contribution in [0.15, 0.2) is 47.9 Å². The second-order valence-electron chi connectivity index (χ2n) is 4.36. The molecule has 1 aromatic heterocycles. The summed E-state index contributed by atoms with van der Waals surface area (Å²) in [6, 6.07) is 10.4. The first-order valence-electron chi connectivity index (χ1n) is 5.91. The summed E-state index contributed by atoms with van der Waals surface area (Å²) in [7, 11) is 0. The summed E-state index contributed by atoms with van der Waals surface area (Å²) in [4.78, 5) is 8.17. The van der Waals surface area contributed by atoms with Crippen LogP contribution in [0.5, 0.6) is 0 Å². The first-order chi connectivity index (χ1) is 8.66. The lowest BCUT2D eigenvalue weighted by molar-refractivity contribution is 0.719. The van der Waals surface area contributed by atoms with Gasteiger partial charge in [0.2, 0.25) is 0 Å². The molecule has 94 valence electrons. The van der Waals surface area contributed by atoms with Crippen LogP contribution in [0.2, 0.25) is 0 Å². The van der Waals surface area contributed by atoms with E-state index in [2.05, 4.69) is 41.2 Å². The number of benzene rings is 1. The summed E-state index contributed by atoms with van der Waals surface area (Å²) in [5.74, 6) is 0. The first-order valence-corrected chi connectivity index (χ1v) is 6.79. The van der Waals surface area contributed by atoms with Gasteiger partial charge in [-0.05, 0) is 25.5 Å². The Bertz CT molecular complexity index is 499. The number of aromatic nitrogens is 2. The van der Waals surface area contributed by atoms with Crippen molar-refractivity contribution >= 4 is 11.8 Å². The van der Waals surface area contributed by atoms with Gasteiger partial charge >= 0.3 is 0 Å². The van der Waals surface area contributed by atoms with Crippen molar-refractivity contribution in [2.45, 2.75) is 30.2 Å². The molecule has 0 aliphatic heterocycles. The molecule has 0 fully saturated rings. The molecule has 1 heterocycles. The third-order valence-electron chi connectivity index (χ3n) is 2.65. The van der Waals surface area contributed by atoms with Crippen LogP contribution in [-0.2, 0) is 0 Å². The molecule has 3 nitrogen and oxygen atoms in total. The second kappa shape index (κ2) is 5.98. The Balaban J connectivity index is 2.24. The lowest BCUT2D eigenvalue weighted by atomic mass is 10.0. The van der Waals surface area contributed by atoms with Gasteiger partial charge < -0.3 is 5.73 Å². The summed E-state index contributed by atoms with van der Waals surface area (Å²) in [6.45, 7) is 4.12. The molecule has 1 aromatic carbocycles. The van der Waals surface area contributed by atoms with E-state index < -0.39 is 0 Å². The molecule has 2 N–H and O–H groups in total. The SMILES string of the molecule is Cc1cccc(C(Sc2ccncn2)C(C)N)c1. The van der Waals surface area contributed by atoms with Gasteiger partial charge in [0.15, 0.2) is 0 Å². The Hall–Kier alpha value is -1.39. The van der Waals surface area contributed by atoms with E-state index in [1.165, 1.54) is 11.1 Å². The monoisotopic (exact) mass is 259 g/mol. The molecule has 0 bridgehead atoms. The topological polar surface area (TPSA) is 51.8 Å². The first kappa shape index (κ1) is 13.1. The number of nitrogens with two attached hydrogens (primary N) is 1. The van der Waals surface area contributed by atoms with Crippen LogP contribution in [0.4, 0.5) is 0 Å². The number of nitrogens with zero attached hydrogens (tertiary/aromatic N) is 2. The molecule has 0 aliphatic rings. The molecular weight excluding hydrogens is 242 g/mol. The molecule has 0 amide bonds. The summed E-state index contributed by atoms with van der Waals surface area (Å²) in [5, 5.41) is 1.16. The van der Waals surface area contributed by atoms with Gasteiger partial charge in [-0.2, -0.15) is 0 Å². The minimum absolute atomic E-state index is 0.0618. The molecule has 4 heteroatoms. The number of hydrogen-bond acceptors (Lipinski definition) is 4. The zero-order valence-corrected chi connectivity index (χ0v) is 11.4. The second-order valence-corrected chi connectivity index (χ2v) is 5.52. The maximum atomic E-state index is 6.10. The highest BCUT2D eigenvalue weighted by Crippen LogP contribution is 2.36. The quantitative estimate of drug-likeness (QED) is 0.677. The van der Waals surface area contributed by atoms with Gasteiger partial charge in [-0.1, -0.05) is 41.6 Å². The summed E-state index contributed by atoms with van der Waals surface area (Å²) < 4.78 is 0. The number of rotatable bonds is 4. The highest BCUT2D eigenvalue weighted by Gasteiger charge is 2.18. The maximum Gasteiger partial charge on any atom is 0.116 e. The number of aryl methyl sites for hydroxylation is 1. The summed E-state index contributed by atoms with van der Waals surface area (Å²) in [5.41, 5.74) is 8.60. The van der Waals surface area contributed by atoms with Crippen LogP contribution in [0.1, 0.15) is 23.3 Å². The van der Waals surface area contributed by atoms with E-state index in [1.807, 2.05) is 13.0 Å². The smallest absolute Gasteiger partial charge is 0.116 e. The number of hydrogen-bond donors (Lipinski definition) is 1. The Morgan fingerprint density at radius 2 is 2.11 bits per heavy atom. The van der Waals surface area contributed by atoms with Crippen molar-refractivity contribution in [2.75, 3.05) is 0 Å².